The first-order valence-corrected chi connectivity index (χ1v) is 11.5. The summed E-state index contributed by atoms with van der Waals surface area (Å²) in [5.74, 6) is 1.67. The van der Waals surface area contributed by atoms with Crippen molar-refractivity contribution in [3.8, 4) is 5.75 Å². The van der Waals surface area contributed by atoms with Gasteiger partial charge in [-0.2, -0.15) is 0 Å². The summed E-state index contributed by atoms with van der Waals surface area (Å²) < 4.78 is 11.7. The van der Waals surface area contributed by atoms with Crippen molar-refractivity contribution in [3.63, 3.8) is 0 Å². The average molecular weight is 461 g/mol. The third kappa shape index (κ3) is 5.05. The number of fused-ring (bicyclic) bond motifs is 1. The van der Waals surface area contributed by atoms with Crippen LogP contribution in [0.25, 0.3) is 10.8 Å². The maximum absolute atomic E-state index is 12.9. The molecule has 1 aliphatic heterocycles. The average Bonchev–Trinajstić information content (AvgIpc) is 3.33. The molecule has 0 saturated carbocycles. The zero-order valence-electron chi connectivity index (χ0n) is 18.2. The summed E-state index contributed by atoms with van der Waals surface area (Å²) in [5, 5.41) is 3.08. The molecule has 4 aromatic rings. The van der Waals surface area contributed by atoms with Crippen molar-refractivity contribution in [1.82, 2.24) is 9.80 Å². The lowest BCUT2D eigenvalue weighted by molar-refractivity contribution is 0.0594. The number of hydrogen-bond donors (Lipinski definition) is 0. The van der Waals surface area contributed by atoms with Crippen LogP contribution in [0.5, 0.6) is 5.75 Å². The highest BCUT2D eigenvalue weighted by Gasteiger charge is 2.24. The van der Waals surface area contributed by atoms with Crippen molar-refractivity contribution in [2.24, 2.45) is 0 Å². The normalized spacial score (nSPS) is 14.5. The Balaban J connectivity index is 1.14. The third-order valence-corrected chi connectivity index (χ3v) is 6.35. The van der Waals surface area contributed by atoms with Crippen molar-refractivity contribution in [2.75, 3.05) is 26.2 Å². The Morgan fingerprint density at radius 3 is 2.45 bits per heavy atom. The van der Waals surface area contributed by atoms with Crippen molar-refractivity contribution >= 4 is 28.3 Å². The SMILES string of the molecule is O=C(c1ccc(COc2ccc3ccccc3c2)o1)N1CCN(Cc2ccccc2Cl)CC1. The lowest BCUT2D eigenvalue weighted by Gasteiger charge is -2.34. The van der Waals surface area contributed by atoms with Crippen LogP contribution < -0.4 is 4.74 Å². The molecule has 33 heavy (non-hydrogen) atoms. The monoisotopic (exact) mass is 460 g/mol. The molecule has 0 aliphatic carbocycles. The van der Waals surface area contributed by atoms with Gasteiger partial charge in [0.15, 0.2) is 5.76 Å². The topological polar surface area (TPSA) is 45.9 Å². The summed E-state index contributed by atoms with van der Waals surface area (Å²) in [5.41, 5.74) is 1.11. The minimum Gasteiger partial charge on any atom is -0.486 e. The van der Waals surface area contributed by atoms with Gasteiger partial charge in [-0.1, -0.05) is 60.1 Å². The molecule has 1 saturated heterocycles. The number of nitrogens with zero attached hydrogens (tertiary/aromatic N) is 2. The summed E-state index contributed by atoms with van der Waals surface area (Å²) in [6, 6.07) is 25.6. The van der Waals surface area contributed by atoms with E-state index in [2.05, 4.69) is 17.0 Å². The molecule has 1 fully saturated rings. The Hall–Kier alpha value is -3.28. The summed E-state index contributed by atoms with van der Waals surface area (Å²) >= 11 is 6.28. The van der Waals surface area contributed by atoms with E-state index in [0.717, 1.165) is 41.4 Å². The Morgan fingerprint density at radius 1 is 0.879 bits per heavy atom. The first-order valence-electron chi connectivity index (χ1n) is 11.1. The zero-order chi connectivity index (χ0) is 22.6. The number of carbonyl (C=O) groups excluding carboxylic acids is 1. The Kier molecular flexibility index (Phi) is 6.33. The largest absolute Gasteiger partial charge is 0.486 e. The van der Waals surface area contributed by atoms with Gasteiger partial charge in [0.25, 0.3) is 5.91 Å². The number of ether oxygens (including phenoxy) is 1. The first kappa shape index (κ1) is 21.6. The van der Waals surface area contributed by atoms with Crippen LogP contribution in [0.1, 0.15) is 21.9 Å². The molecular weight excluding hydrogens is 436 g/mol. The van der Waals surface area contributed by atoms with Crippen molar-refractivity contribution < 1.29 is 13.9 Å². The van der Waals surface area contributed by atoms with E-state index < -0.39 is 0 Å². The molecule has 0 spiro atoms. The minimum absolute atomic E-state index is 0.0793. The number of hydrogen-bond acceptors (Lipinski definition) is 4. The standard InChI is InChI=1S/C27H25ClN2O3/c28-25-8-4-3-7-22(25)18-29-13-15-30(16-14-29)27(31)26-12-11-24(33-26)19-32-23-10-9-20-5-1-2-6-21(20)17-23/h1-12,17H,13-16,18-19H2. The lowest BCUT2D eigenvalue weighted by Crippen LogP contribution is -2.48. The fourth-order valence-corrected chi connectivity index (χ4v) is 4.31. The van der Waals surface area contributed by atoms with E-state index in [4.69, 9.17) is 20.8 Å². The van der Waals surface area contributed by atoms with Gasteiger partial charge in [0.05, 0.1) is 0 Å². The summed E-state index contributed by atoms with van der Waals surface area (Å²) in [6.07, 6.45) is 0. The maximum Gasteiger partial charge on any atom is 0.289 e. The van der Waals surface area contributed by atoms with Crippen LogP contribution >= 0.6 is 11.6 Å². The molecule has 6 heteroatoms. The predicted molar refractivity (Wildman–Crippen MR) is 130 cm³/mol. The van der Waals surface area contributed by atoms with Crippen LogP contribution in [0.2, 0.25) is 5.02 Å². The van der Waals surface area contributed by atoms with Crippen LogP contribution in [0.3, 0.4) is 0 Å². The van der Waals surface area contributed by atoms with Gasteiger partial charge in [-0.25, -0.2) is 0 Å². The summed E-state index contributed by atoms with van der Waals surface area (Å²) in [4.78, 5) is 17.1. The van der Waals surface area contributed by atoms with Gasteiger partial charge >= 0.3 is 0 Å². The van der Waals surface area contributed by atoms with Gasteiger partial charge < -0.3 is 14.1 Å². The molecular formula is C27H25ClN2O3. The second kappa shape index (κ2) is 9.69. The van der Waals surface area contributed by atoms with Gasteiger partial charge in [0, 0.05) is 37.7 Å². The first-order chi connectivity index (χ1) is 16.2. The van der Waals surface area contributed by atoms with Crippen LogP contribution in [-0.2, 0) is 13.2 Å². The molecule has 3 aromatic carbocycles. The van der Waals surface area contributed by atoms with Crippen molar-refractivity contribution in [3.05, 3.63) is 101 Å². The molecule has 1 aliphatic rings. The third-order valence-electron chi connectivity index (χ3n) is 5.99. The highest BCUT2D eigenvalue weighted by atomic mass is 35.5. The molecule has 0 atom stereocenters. The maximum atomic E-state index is 12.9. The Morgan fingerprint density at radius 2 is 1.64 bits per heavy atom. The van der Waals surface area contributed by atoms with E-state index in [1.165, 1.54) is 5.39 Å². The molecule has 5 nitrogen and oxygen atoms in total. The fourth-order valence-electron chi connectivity index (χ4n) is 4.11. The molecule has 2 heterocycles. The molecule has 1 aromatic heterocycles. The van der Waals surface area contributed by atoms with E-state index in [1.807, 2.05) is 65.6 Å². The molecule has 0 radical (unpaired) electrons. The van der Waals surface area contributed by atoms with E-state index in [1.54, 1.807) is 6.07 Å². The summed E-state index contributed by atoms with van der Waals surface area (Å²) in [7, 11) is 0. The zero-order valence-corrected chi connectivity index (χ0v) is 19.0. The second-order valence-corrected chi connectivity index (χ2v) is 8.63. The molecule has 168 valence electrons. The number of halogens is 1. The van der Waals surface area contributed by atoms with Gasteiger partial charge in [0.1, 0.15) is 18.1 Å². The highest BCUT2D eigenvalue weighted by Crippen LogP contribution is 2.22. The van der Waals surface area contributed by atoms with Crippen LogP contribution in [0.15, 0.2) is 83.3 Å². The minimum atomic E-state index is -0.0793. The Labute approximate surface area is 198 Å². The number of carbonyl (C=O) groups is 1. The van der Waals surface area contributed by atoms with Crippen molar-refractivity contribution in [2.45, 2.75) is 13.2 Å². The van der Waals surface area contributed by atoms with Crippen LogP contribution in [0.4, 0.5) is 0 Å². The van der Waals surface area contributed by atoms with E-state index in [0.29, 0.717) is 24.6 Å². The smallest absolute Gasteiger partial charge is 0.289 e. The number of rotatable bonds is 6. The Bertz CT molecular complexity index is 1260. The number of benzene rings is 3. The van der Waals surface area contributed by atoms with Gasteiger partial charge in [-0.15, -0.1) is 0 Å². The van der Waals surface area contributed by atoms with Crippen molar-refractivity contribution in [1.29, 1.82) is 0 Å². The van der Waals surface area contributed by atoms with Gasteiger partial charge in [-0.05, 0) is 46.7 Å². The number of furan rings is 1. The van der Waals surface area contributed by atoms with E-state index in [-0.39, 0.29) is 12.5 Å². The van der Waals surface area contributed by atoms with E-state index >= 15 is 0 Å². The molecule has 0 bridgehead atoms. The van der Waals surface area contributed by atoms with E-state index in [9.17, 15) is 4.79 Å². The molecule has 5 rings (SSSR count). The lowest BCUT2D eigenvalue weighted by atomic mass is 10.1. The van der Waals surface area contributed by atoms with Crippen LogP contribution in [0, 0.1) is 0 Å². The molecule has 0 unspecified atom stereocenters. The molecule has 0 N–H and O–H groups in total. The highest BCUT2D eigenvalue weighted by molar-refractivity contribution is 6.31. The van der Waals surface area contributed by atoms with Gasteiger partial charge in [0.2, 0.25) is 0 Å². The second-order valence-electron chi connectivity index (χ2n) is 8.22. The number of piperazine rings is 1. The molecule has 1 amide bonds. The summed E-state index contributed by atoms with van der Waals surface area (Å²) in [6.45, 7) is 3.99. The fraction of sp³-hybridized carbons (Fsp3) is 0.222. The van der Waals surface area contributed by atoms with Gasteiger partial charge in [-0.3, -0.25) is 9.69 Å². The predicted octanol–water partition coefficient (Wildman–Crippen LogP) is 5.62. The number of amides is 1. The quantitative estimate of drug-likeness (QED) is 0.374. The van der Waals surface area contributed by atoms with Crippen LogP contribution in [-0.4, -0.2) is 41.9 Å².